The van der Waals surface area contributed by atoms with Crippen molar-refractivity contribution >= 4 is 10.0 Å². The van der Waals surface area contributed by atoms with Crippen LogP contribution < -0.4 is 14.2 Å². The van der Waals surface area contributed by atoms with Crippen molar-refractivity contribution in [1.29, 1.82) is 0 Å². The number of hydrogen-bond donors (Lipinski definition) is 2. The molecule has 7 heteroatoms. The van der Waals surface area contributed by atoms with Crippen molar-refractivity contribution in [3.8, 4) is 17.2 Å². The zero-order valence-electron chi connectivity index (χ0n) is 12.4. The van der Waals surface area contributed by atoms with E-state index >= 15 is 0 Å². The minimum absolute atomic E-state index is 0.110. The average Bonchev–Trinajstić information content (AvgIpc) is 3.01. The van der Waals surface area contributed by atoms with Crippen LogP contribution in [0.25, 0.3) is 0 Å². The van der Waals surface area contributed by atoms with Gasteiger partial charge in [0.15, 0.2) is 11.5 Å². The predicted octanol–water partition coefficient (Wildman–Crippen LogP) is 2.03. The Bertz CT molecular complexity index is 787. The van der Waals surface area contributed by atoms with Crippen molar-refractivity contribution in [3.05, 3.63) is 48.0 Å². The summed E-state index contributed by atoms with van der Waals surface area (Å²) >= 11 is 0. The van der Waals surface area contributed by atoms with Gasteiger partial charge >= 0.3 is 0 Å². The third kappa shape index (κ3) is 3.75. The Morgan fingerprint density at radius 2 is 1.78 bits per heavy atom. The molecule has 0 amide bonds. The minimum atomic E-state index is -3.57. The molecule has 2 N–H and O–H groups in total. The monoisotopic (exact) mass is 335 g/mol. The van der Waals surface area contributed by atoms with Crippen LogP contribution in [-0.2, 0) is 16.4 Å². The van der Waals surface area contributed by atoms with E-state index in [-0.39, 0.29) is 17.4 Å². The molecule has 0 aromatic heterocycles. The Balaban J connectivity index is 1.55. The van der Waals surface area contributed by atoms with Gasteiger partial charge in [0.25, 0.3) is 0 Å². The summed E-state index contributed by atoms with van der Waals surface area (Å²) in [5.74, 6) is 1.21. The Hall–Kier alpha value is -2.25. The molecule has 0 saturated heterocycles. The largest absolute Gasteiger partial charge is 0.508 e. The number of fused-ring (bicyclic) bond motifs is 1. The minimum Gasteiger partial charge on any atom is -0.508 e. The van der Waals surface area contributed by atoms with Gasteiger partial charge in [0, 0.05) is 12.6 Å². The van der Waals surface area contributed by atoms with Gasteiger partial charge in [-0.05, 0) is 42.7 Å². The van der Waals surface area contributed by atoms with Crippen molar-refractivity contribution in [2.45, 2.75) is 17.7 Å². The molecule has 0 atom stereocenters. The highest BCUT2D eigenvalue weighted by atomic mass is 32.2. The first-order valence-corrected chi connectivity index (χ1v) is 8.70. The first kappa shape index (κ1) is 15.6. The summed E-state index contributed by atoms with van der Waals surface area (Å²) in [6, 6.07) is 11.4. The van der Waals surface area contributed by atoms with Crippen molar-refractivity contribution in [3.63, 3.8) is 0 Å². The molecule has 0 spiro atoms. The number of rotatable bonds is 6. The molecule has 1 aliphatic rings. The van der Waals surface area contributed by atoms with Crippen molar-refractivity contribution in [1.82, 2.24) is 4.72 Å². The SMILES string of the molecule is O=S(=O)(NCCCc1ccc(O)cc1)c1ccc2c(c1)OCO2. The molecular weight excluding hydrogens is 318 g/mol. The molecule has 1 aliphatic heterocycles. The zero-order chi connectivity index (χ0) is 16.3. The summed E-state index contributed by atoms with van der Waals surface area (Å²) < 4.78 is 37.4. The van der Waals surface area contributed by atoms with Crippen LogP contribution in [0.4, 0.5) is 0 Å². The van der Waals surface area contributed by atoms with E-state index in [9.17, 15) is 13.5 Å². The van der Waals surface area contributed by atoms with E-state index in [2.05, 4.69) is 4.72 Å². The first-order chi connectivity index (χ1) is 11.0. The molecule has 0 radical (unpaired) electrons. The number of hydrogen-bond acceptors (Lipinski definition) is 5. The lowest BCUT2D eigenvalue weighted by Gasteiger charge is -2.07. The van der Waals surface area contributed by atoms with Crippen LogP contribution in [0.3, 0.4) is 0 Å². The smallest absolute Gasteiger partial charge is 0.240 e. The quantitative estimate of drug-likeness (QED) is 0.789. The molecule has 23 heavy (non-hydrogen) atoms. The number of phenols is 1. The summed E-state index contributed by atoms with van der Waals surface area (Å²) in [4.78, 5) is 0.159. The van der Waals surface area contributed by atoms with Gasteiger partial charge in [-0.15, -0.1) is 0 Å². The zero-order valence-corrected chi connectivity index (χ0v) is 13.2. The van der Waals surface area contributed by atoms with Crippen LogP contribution in [0.15, 0.2) is 47.4 Å². The number of aryl methyl sites for hydroxylation is 1. The maximum Gasteiger partial charge on any atom is 0.240 e. The molecule has 0 unspecified atom stereocenters. The third-order valence-corrected chi connectivity index (χ3v) is 4.98. The molecule has 1 heterocycles. The fraction of sp³-hybridized carbons (Fsp3) is 0.250. The van der Waals surface area contributed by atoms with E-state index in [4.69, 9.17) is 9.47 Å². The fourth-order valence-corrected chi connectivity index (χ4v) is 3.38. The molecule has 2 aromatic carbocycles. The van der Waals surface area contributed by atoms with Gasteiger partial charge in [-0.2, -0.15) is 0 Å². The average molecular weight is 335 g/mol. The molecule has 122 valence electrons. The van der Waals surface area contributed by atoms with Gasteiger partial charge in [0.2, 0.25) is 16.8 Å². The molecule has 0 fully saturated rings. The number of nitrogens with one attached hydrogen (secondary N) is 1. The lowest BCUT2D eigenvalue weighted by atomic mass is 10.1. The van der Waals surface area contributed by atoms with E-state index in [1.165, 1.54) is 12.1 Å². The van der Waals surface area contributed by atoms with Crippen molar-refractivity contribution < 1.29 is 23.0 Å². The second-order valence-corrected chi connectivity index (χ2v) is 6.95. The van der Waals surface area contributed by atoms with Crippen molar-refractivity contribution in [2.24, 2.45) is 0 Å². The molecule has 2 aromatic rings. The number of ether oxygens (including phenoxy) is 2. The summed E-state index contributed by atoms with van der Waals surface area (Å²) in [7, 11) is -3.57. The lowest BCUT2D eigenvalue weighted by Crippen LogP contribution is -2.25. The Morgan fingerprint density at radius 3 is 2.57 bits per heavy atom. The van der Waals surface area contributed by atoms with Crippen LogP contribution in [0.1, 0.15) is 12.0 Å². The number of benzene rings is 2. The summed E-state index contributed by atoms with van der Waals surface area (Å²) in [6.45, 7) is 0.441. The number of sulfonamides is 1. The van der Waals surface area contributed by atoms with Crippen LogP contribution in [-0.4, -0.2) is 26.9 Å². The van der Waals surface area contributed by atoms with Gasteiger partial charge < -0.3 is 14.6 Å². The second-order valence-electron chi connectivity index (χ2n) is 5.18. The molecule has 0 saturated carbocycles. The Morgan fingerprint density at radius 1 is 1.04 bits per heavy atom. The van der Waals surface area contributed by atoms with Crippen molar-refractivity contribution in [2.75, 3.05) is 13.3 Å². The van der Waals surface area contributed by atoms with Gasteiger partial charge in [-0.25, -0.2) is 13.1 Å². The highest BCUT2D eigenvalue weighted by Gasteiger charge is 2.19. The number of aromatic hydroxyl groups is 1. The van der Waals surface area contributed by atoms with Gasteiger partial charge in [-0.3, -0.25) is 0 Å². The highest BCUT2D eigenvalue weighted by molar-refractivity contribution is 7.89. The maximum atomic E-state index is 12.2. The summed E-state index contributed by atoms with van der Waals surface area (Å²) in [5, 5.41) is 9.22. The molecule has 6 nitrogen and oxygen atoms in total. The topological polar surface area (TPSA) is 84.9 Å². The standard InChI is InChI=1S/C16H17NO5S/c18-13-5-3-12(4-6-13)2-1-9-17-23(19,20)14-7-8-15-16(10-14)22-11-21-15/h3-8,10,17-18H,1-2,9,11H2. The highest BCUT2D eigenvalue weighted by Crippen LogP contribution is 2.33. The maximum absolute atomic E-state index is 12.2. The van der Waals surface area contributed by atoms with Crippen LogP contribution in [0, 0.1) is 0 Å². The lowest BCUT2D eigenvalue weighted by molar-refractivity contribution is 0.174. The molecule has 0 aliphatic carbocycles. The Kier molecular flexibility index (Phi) is 4.40. The van der Waals surface area contributed by atoms with E-state index in [0.717, 1.165) is 12.0 Å². The van der Waals surface area contributed by atoms with E-state index in [1.807, 2.05) is 12.1 Å². The summed E-state index contributed by atoms with van der Waals surface area (Å²) in [6.07, 6.45) is 1.39. The number of phenolic OH excluding ortho intramolecular Hbond substituents is 1. The third-order valence-electron chi connectivity index (χ3n) is 3.52. The van der Waals surface area contributed by atoms with Crippen LogP contribution in [0.2, 0.25) is 0 Å². The summed E-state index contributed by atoms with van der Waals surface area (Å²) in [5.41, 5.74) is 1.05. The molecule has 0 bridgehead atoms. The Labute approximate surface area is 134 Å². The van der Waals surface area contributed by atoms with E-state index in [1.54, 1.807) is 18.2 Å². The van der Waals surface area contributed by atoms with Gasteiger partial charge in [0.05, 0.1) is 4.90 Å². The molecular formula is C16H17NO5S. The predicted molar refractivity (Wildman–Crippen MR) is 84.2 cm³/mol. The fourth-order valence-electron chi connectivity index (χ4n) is 2.29. The van der Waals surface area contributed by atoms with Crippen LogP contribution >= 0.6 is 0 Å². The van der Waals surface area contributed by atoms with E-state index < -0.39 is 10.0 Å². The molecule has 3 rings (SSSR count). The normalized spacial score (nSPS) is 13.2. The van der Waals surface area contributed by atoms with Gasteiger partial charge in [-0.1, -0.05) is 12.1 Å². The second kappa shape index (κ2) is 6.47. The van der Waals surface area contributed by atoms with Crippen LogP contribution in [0.5, 0.6) is 17.2 Å². The van der Waals surface area contributed by atoms with Gasteiger partial charge in [0.1, 0.15) is 5.75 Å². The first-order valence-electron chi connectivity index (χ1n) is 7.22. The van der Waals surface area contributed by atoms with E-state index in [0.29, 0.717) is 24.5 Å².